The Morgan fingerprint density at radius 3 is 2.26 bits per heavy atom. The van der Waals surface area contributed by atoms with Gasteiger partial charge in [-0.3, -0.25) is 4.79 Å². The van der Waals surface area contributed by atoms with Crippen molar-refractivity contribution in [1.29, 1.82) is 0 Å². The van der Waals surface area contributed by atoms with E-state index in [1.54, 1.807) is 26.0 Å². The summed E-state index contributed by atoms with van der Waals surface area (Å²) in [7, 11) is -3.50. The van der Waals surface area contributed by atoms with Gasteiger partial charge >= 0.3 is 0 Å². The van der Waals surface area contributed by atoms with Gasteiger partial charge in [-0.25, -0.2) is 8.42 Å². The highest BCUT2D eigenvalue weighted by Crippen LogP contribution is 2.20. The zero-order chi connectivity index (χ0) is 20.0. The van der Waals surface area contributed by atoms with Gasteiger partial charge < -0.3 is 10.6 Å². The topological polar surface area (TPSA) is 78.5 Å². The lowest BCUT2D eigenvalue weighted by molar-refractivity contribution is -0.114. The summed E-state index contributed by atoms with van der Waals surface area (Å²) in [5, 5.41) is 5.85. The molecule has 0 fully saturated rings. The van der Waals surface area contributed by atoms with Gasteiger partial charge in [-0.15, -0.1) is 0 Å². The number of nitrogens with one attached hydrogen (secondary N) is 2. The van der Waals surface area contributed by atoms with E-state index in [2.05, 4.69) is 26.6 Å². The first kappa shape index (κ1) is 21.4. The second-order valence-corrected chi connectivity index (χ2v) is 8.83. The number of anilines is 2. The van der Waals surface area contributed by atoms with Crippen LogP contribution in [-0.2, 0) is 14.8 Å². The van der Waals surface area contributed by atoms with E-state index in [-0.39, 0.29) is 17.3 Å². The summed E-state index contributed by atoms with van der Waals surface area (Å²) >= 11 is 3.41. The average molecular weight is 454 g/mol. The Bertz CT molecular complexity index is 895. The van der Waals surface area contributed by atoms with Crippen molar-refractivity contribution < 1.29 is 13.2 Å². The lowest BCUT2D eigenvalue weighted by Crippen LogP contribution is -2.30. The van der Waals surface area contributed by atoms with Crippen molar-refractivity contribution in [2.45, 2.75) is 25.7 Å². The first-order valence-corrected chi connectivity index (χ1v) is 10.9. The maximum atomic E-state index is 12.5. The van der Waals surface area contributed by atoms with Crippen LogP contribution in [0.2, 0.25) is 0 Å². The minimum absolute atomic E-state index is 0.113. The molecule has 0 aliphatic rings. The molecule has 0 radical (unpaired) electrons. The summed E-state index contributed by atoms with van der Waals surface area (Å²) in [6, 6.07) is 12.0. The molecule has 27 heavy (non-hydrogen) atoms. The van der Waals surface area contributed by atoms with E-state index in [1.165, 1.54) is 16.4 Å². The lowest BCUT2D eigenvalue weighted by atomic mass is 10.2. The van der Waals surface area contributed by atoms with Crippen molar-refractivity contribution in [3.05, 3.63) is 52.5 Å². The van der Waals surface area contributed by atoms with Gasteiger partial charge in [0.25, 0.3) is 0 Å². The van der Waals surface area contributed by atoms with Crippen molar-refractivity contribution in [2.24, 2.45) is 0 Å². The van der Waals surface area contributed by atoms with Crippen LogP contribution in [0.1, 0.15) is 19.4 Å². The average Bonchev–Trinajstić information content (AvgIpc) is 2.62. The lowest BCUT2D eigenvalue weighted by Gasteiger charge is -2.18. The molecule has 0 spiro atoms. The second kappa shape index (κ2) is 9.34. The third-order valence-corrected chi connectivity index (χ3v) is 6.67. The molecule has 8 heteroatoms. The van der Waals surface area contributed by atoms with Crippen LogP contribution in [0.5, 0.6) is 0 Å². The summed E-state index contributed by atoms with van der Waals surface area (Å²) in [5.74, 6) is -0.211. The van der Waals surface area contributed by atoms with Crippen LogP contribution in [0.4, 0.5) is 11.4 Å². The van der Waals surface area contributed by atoms with Crippen LogP contribution >= 0.6 is 15.9 Å². The number of hydrogen-bond acceptors (Lipinski definition) is 4. The van der Waals surface area contributed by atoms with Crippen molar-refractivity contribution in [3.63, 3.8) is 0 Å². The number of amides is 1. The van der Waals surface area contributed by atoms with Crippen LogP contribution in [-0.4, -0.2) is 38.3 Å². The van der Waals surface area contributed by atoms with E-state index in [1.807, 2.05) is 25.1 Å². The van der Waals surface area contributed by atoms with Gasteiger partial charge in [0.1, 0.15) is 0 Å². The Kier molecular flexibility index (Phi) is 7.41. The molecule has 0 aliphatic heterocycles. The molecule has 2 N–H and O–H groups in total. The third kappa shape index (κ3) is 5.54. The molecular weight excluding hydrogens is 430 g/mol. The molecule has 146 valence electrons. The number of carbonyl (C=O) groups is 1. The van der Waals surface area contributed by atoms with E-state index < -0.39 is 10.0 Å². The molecule has 0 aromatic heterocycles. The highest BCUT2D eigenvalue weighted by molar-refractivity contribution is 9.10. The number of nitrogens with zero attached hydrogens (tertiary/aromatic N) is 1. The molecule has 0 saturated carbocycles. The van der Waals surface area contributed by atoms with Crippen LogP contribution < -0.4 is 10.6 Å². The van der Waals surface area contributed by atoms with Crippen molar-refractivity contribution >= 4 is 43.2 Å². The monoisotopic (exact) mass is 453 g/mol. The first-order valence-electron chi connectivity index (χ1n) is 8.68. The normalized spacial score (nSPS) is 11.4. The molecule has 2 aromatic carbocycles. The Morgan fingerprint density at radius 2 is 1.70 bits per heavy atom. The van der Waals surface area contributed by atoms with E-state index in [4.69, 9.17) is 0 Å². The molecule has 0 bridgehead atoms. The molecule has 0 atom stereocenters. The quantitative estimate of drug-likeness (QED) is 0.636. The van der Waals surface area contributed by atoms with Crippen LogP contribution in [0, 0.1) is 6.92 Å². The number of carbonyl (C=O) groups excluding carboxylic acids is 1. The van der Waals surface area contributed by atoms with Gasteiger partial charge in [0.2, 0.25) is 15.9 Å². The minimum atomic E-state index is -3.50. The maximum absolute atomic E-state index is 12.5. The summed E-state index contributed by atoms with van der Waals surface area (Å²) in [6.45, 7) is 6.50. The largest absolute Gasteiger partial charge is 0.376 e. The zero-order valence-corrected chi connectivity index (χ0v) is 18.0. The van der Waals surface area contributed by atoms with Crippen LogP contribution in [0.15, 0.2) is 51.8 Å². The Labute approximate surface area is 169 Å². The minimum Gasteiger partial charge on any atom is -0.376 e. The molecule has 0 unspecified atom stereocenters. The molecule has 6 nitrogen and oxygen atoms in total. The van der Waals surface area contributed by atoms with E-state index in [9.17, 15) is 13.2 Å². The standard InChI is InChI=1S/C19H24BrN3O3S/c1-4-23(5-2)27(25,26)17-9-7-16(8-10-17)22-19(24)13-21-18-11-6-15(20)12-14(18)3/h6-12,21H,4-5,13H2,1-3H3,(H,22,24). The highest BCUT2D eigenvalue weighted by atomic mass is 79.9. The number of hydrogen-bond donors (Lipinski definition) is 2. The predicted molar refractivity (Wildman–Crippen MR) is 113 cm³/mol. The molecular formula is C19H24BrN3O3S. The Morgan fingerprint density at radius 1 is 1.07 bits per heavy atom. The third-order valence-electron chi connectivity index (χ3n) is 4.11. The van der Waals surface area contributed by atoms with Crippen molar-refractivity contribution in [3.8, 4) is 0 Å². The number of rotatable bonds is 8. The second-order valence-electron chi connectivity index (χ2n) is 5.97. The molecule has 0 aliphatic carbocycles. The van der Waals surface area contributed by atoms with Gasteiger partial charge in [0.15, 0.2) is 0 Å². The summed E-state index contributed by atoms with van der Waals surface area (Å²) in [6.07, 6.45) is 0. The fraction of sp³-hybridized carbons (Fsp3) is 0.316. The SMILES string of the molecule is CCN(CC)S(=O)(=O)c1ccc(NC(=O)CNc2ccc(Br)cc2C)cc1. The number of halogens is 1. The van der Waals surface area contributed by atoms with Crippen molar-refractivity contribution in [2.75, 3.05) is 30.3 Å². The summed E-state index contributed by atoms with van der Waals surface area (Å²) < 4.78 is 27.3. The predicted octanol–water partition coefficient (Wildman–Crippen LogP) is 3.84. The molecule has 1 amide bonds. The fourth-order valence-corrected chi connectivity index (χ4v) is 4.56. The van der Waals surface area contributed by atoms with Gasteiger partial charge in [-0.1, -0.05) is 29.8 Å². The number of benzene rings is 2. The molecule has 0 heterocycles. The summed E-state index contributed by atoms with van der Waals surface area (Å²) in [4.78, 5) is 12.4. The number of sulfonamides is 1. The molecule has 0 saturated heterocycles. The Hall–Kier alpha value is -1.90. The van der Waals surface area contributed by atoms with E-state index in [0.29, 0.717) is 18.8 Å². The van der Waals surface area contributed by atoms with Gasteiger partial charge in [0, 0.05) is 28.9 Å². The zero-order valence-electron chi connectivity index (χ0n) is 15.6. The highest BCUT2D eigenvalue weighted by Gasteiger charge is 2.21. The maximum Gasteiger partial charge on any atom is 0.243 e. The van der Waals surface area contributed by atoms with Gasteiger partial charge in [-0.05, 0) is 55.0 Å². The van der Waals surface area contributed by atoms with Crippen LogP contribution in [0.3, 0.4) is 0 Å². The molecule has 2 rings (SSSR count). The van der Waals surface area contributed by atoms with Gasteiger partial charge in [0.05, 0.1) is 11.4 Å². The Balaban J connectivity index is 1.98. The van der Waals surface area contributed by atoms with Gasteiger partial charge in [-0.2, -0.15) is 4.31 Å². The fourth-order valence-electron chi connectivity index (χ4n) is 2.63. The van der Waals surface area contributed by atoms with Crippen LogP contribution in [0.25, 0.3) is 0 Å². The first-order chi connectivity index (χ1) is 12.8. The number of aryl methyl sites for hydroxylation is 1. The van der Waals surface area contributed by atoms with E-state index >= 15 is 0 Å². The van der Waals surface area contributed by atoms with E-state index in [0.717, 1.165) is 15.7 Å². The summed E-state index contributed by atoms with van der Waals surface area (Å²) in [5.41, 5.74) is 2.46. The smallest absolute Gasteiger partial charge is 0.243 e. The molecule has 2 aromatic rings. The van der Waals surface area contributed by atoms with Crippen molar-refractivity contribution in [1.82, 2.24) is 4.31 Å².